The molecule has 0 radical (unpaired) electrons. The number of rotatable bonds is 1. The van der Waals surface area contributed by atoms with Crippen LogP contribution < -0.4 is 4.90 Å². The molecule has 0 aromatic carbocycles. The first-order valence-electron chi connectivity index (χ1n) is 5.40. The Morgan fingerprint density at radius 1 is 1.47 bits per heavy atom. The van der Waals surface area contributed by atoms with Gasteiger partial charge >= 0.3 is 0 Å². The highest BCUT2D eigenvalue weighted by Crippen LogP contribution is 2.28. The number of hydrogen-bond donors (Lipinski definition) is 0. The van der Waals surface area contributed by atoms with Crippen molar-refractivity contribution in [3.05, 3.63) is 10.7 Å². The zero-order chi connectivity index (χ0) is 12.8. The fraction of sp³-hybridized carbons (Fsp3) is 0.700. The van der Waals surface area contributed by atoms with E-state index in [1.165, 1.54) is 0 Å². The molecular formula is C10H16BrN3O2S. The first-order chi connectivity index (χ1) is 7.73. The molecule has 1 aliphatic rings. The molecule has 1 saturated heterocycles. The van der Waals surface area contributed by atoms with Gasteiger partial charge in [0.25, 0.3) is 0 Å². The van der Waals surface area contributed by atoms with E-state index in [1.807, 2.05) is 13.1 Å². The third-order valence-electron chi connectivity index (χ3n) is 3.19. The number of hydrogen-bond acceptors (Lipinski definition) is 4. The van der Waals surface area contributed by atoms with Crippen molar-refractivity contribution in [2.24, 2.45) is 7.05 Å². The zero-order valence-corrected chi connectivity index (χ0v) is 12.5. The third kappa shape index (κ3) is 2.22. The molecule has 7 heteroatoms. The summed E-state index contributed by atoms with van der Waals surface area (Å²) in [6.07, 6.45) is 0. The lowest BCUT2D eigenvalue weighted by Gasteiger charge is -2.38. The maximum Gasteiger partial charge on any atom is 0.158 e. The van der Waals surface area contributed by atoms with Gasteiger partial charge in [0.05, 0.1) is 10.5 Å². The number of nitrogens with zero attached hydrogens (tertiary/aromatic N) is 3. The lowest BCUT2D eigenvalue weighted by Crippen LogP contribution is -2.53. The van der Waals surface area contributed by atoms with Gasteiger partial charge in [-0.25, -0.2) is 8.42 Å². The van der Waals surface area contributed by atoms with E-state index in [4.69, 9.17) is 0 Å². The number of aromatic nitrogens is 2. The van der Waals surface area contributed by atoms with Gasteiger partial charge in [0.1, 0.15) is 10.4 Å². The van der Waals surface area contributed by atoms with E-state index in [0.29, 0.717) is 13.1 Å². The molecule has 1 aromatic heterocycles. The summed E-state index contributed by atoms with van der Waals surface area (Å²) in [5, 5.41) is 4.21. The molecule has 0 saturated carbocycles. The van der Waals surface area contributed by atoms with Crippen LogP contribution in [0.2, 0.25) is 0 Å². The van der Waals surface area contributed by atoms with Crippen LogP contribution in [0, 0.1) is 0 Å². The summed E-state index contributed by atoms with van der Waals surface area (Å²) in [5.74, 6) is 1.14. The molecule has 1 aliphatic heterocycles. The number of halogens is 1. The van der Waals surface area contributed by atoms with Crippen LogP contribution in [0.1, 0.15) is 13.8 Å². The van der Waals surface area contributed by atoms with Crippen molar-refractivity contribution in [2.75, 3.05) is 23.7 Å². The van der Waals surface area contributed by atoms with E-state index >= 15 is 0 Å². The Balaban J connectivity index is 2.30. The predicted molar refractivity (Wildman–Crippen MR) is 71.0 cm³/mol. The van der Waals surface area contributed by atoms with Crippen molar-refractivity contribution in [1.29, 1.82) is 0 Å². The number of sulfone groups is 1. The summed E-state index contributed by atoms with van der Waals surface area (Å²) < 4.78 is 25.6. The lowest BCUT2D eigenvalue weighted by molar-refractivity contribution is 0.518. The summed E-state index contributed by atoms with van der Waals surface area (Å²) in [6, 6.07) is 1.91. The van der Waals surface area contributed by atoms with Gasteiger partial charge < -0.3 is 4.90 Å². The van der Waals surface area contributed by atoms with Crippen LogP contribution in [0.5, 0.6) is 0 Å². The minimum Gasteiger partial charge on any atom is -0.354 e. The minimum absolute atomic E-state index is 0.197. The fourth-order valence-corrected chi connectivity index (χ4v) is 3.87. The van der Waals surface area contributed by atoms with E-state index in [-0.39, 0.29) is 5.75 Å². The quantitative estimate of drug-likeness (QED) is 0.779. The van der Waals surface area contributed by atoms with Crippen molar-refractivity contribution in [2.45, 2.75) is 18.6 Å². The van der Waals surface area contributed by atoms with Gasteiger partial charge in [0.2, 0.25) is 0 Å². The van der Waals surface area contributed by atoms with Gasteiger partial charge in [-0.1, -0.05) is 0 Å². The topological polar surface area (TPSA) is 55.2 Å². The highest BCUT2D eigenvalue weighted by molar-refractivity contribution is 9.10. The fourth-order valence-electron chi connectivity index (χ4n) is 2.06. The molecule has 0 bridgehead atoms. The normalized spacial score (nSPS) is 22.7. The van der Waals surface area contributed by atoms with Crippen molar-refractivity contribution in [3.8, 4) is 0 Å². The predicted octanol–water partition coefficient (Wildman–Crippen LogP) is 1.20. The summed E-state index contributed by atoms with van der Waals surface area (Å²) in [7, 11) is -1.13. The average molecular weight is 322 g/mol. The number of aryl methyl sites for hydroxylation is 1. The van der Waals surface area contributed by atoms with Gasteiger partial charge in [-0.15, -0.1) is 0 Å². The smallest absolute Gasteiger partial charge is 0.158 e. The Labute approximate surface area is 110 Å². The van der Waals surface area contributed by atoms with Crippen molar-refractivity contribution < 1.29 is 8.42 Å². The van der Waals surface area contributed by atoms with Crippen LogP contribution in [-0.2, 0) is 16.9 Å². The molecule has 0 N–H and O–H groups in total. The van der Waals surface area contributed by atoms with Gasteiger partial charge in [-0.2, -0.15) is 5.10 Å². The average Bonchev–Trinajstić information content (AvgIpc) is 2.50. The van der Waals surface area contributed by atoms with Crippen LogP contribution in [0.3, 0.4) is 0 Å². The Morgan fingerprint density at radius 2 is 2.12 bits per heavy atom. The molecule has 0 unspecified atom stereocenters. The number of anilines is 1. The highest BCUT2D eigenvalue weighted by Gasteiger charge is 2.40. The Morgan fingerprint density at radius 3 is 2.59 bits per heavy atom. The van der Waals surface area contributed by atoms with Gasteiger partial charge in [-0.05, 0) is 29.8 Å². The molecule has 0 aliphatic carbocycles. The standard InChI is InChI=1S/C10H16BrN3O2S/c1-10(2)7-14(4-5-17(10,15)16)9-6-8(11)12-13(9)3/h6H,4-5,7H2,1-3H3. The molecule has 5 nitrogen and oxygen atoms in total. The largest absolute Gasteiger partial charge is 0.354 e. The Bertz CT molecular complexity index is 536. The molecule has 0 amide bonds. The first kappa shape index (κ1) is 12.9. The van der Waals surface area contributed by atoms with Crippen LogP contribution >= 0.6 is 15.9 Å². The highest BCUT2D eigenvalue weighted by atomic mass is 79.9. The summed E-state index contributed by atoms with van der Waals surface area (Å²) in [5.41, 5.74) is 0. The van der Waals surface area contributed by atoms with Gasteiger partial charge in [-0.3, -0.25) is 4.68 Å². The Hall–Kier alpha value is -0.560. The molecule has 1 fully saturated rings. The van der Waals surface area contributed by atoms with Gasteiger partial charge in [0, 0.05) is 26.2 Å². The van der Waals surface area contributed by atoms with E-state index in [1.54, 1.807) is 18.5 Å². The van der Waals surface area contributed by atoms with Crippen molar-refractivity contribution in [1.82, 2.24) is 9.78 Å². The van der Waals surface area contributed by atoms with E-state index in [0.717, 1.165) is 10.4 Å². The van der Waals surface area contributed by atoms with Crippen LogP contribution in [-0.4, -0.2) is 41.8 Å². The lowest BCUT2D eigenvalue weighted by atomic mass is 10.2. The van der Waals surface area contributed by atoms with E-state index < -0.39 is 14.6 Å². The maximum absolute atomic E-state index is 11.9. The first-order valence-corrected chi connectivity index (χ1v) is 7.84. The molecule has 0 spiro atoms. The second-order valence-corrected chi connectivity index (χ2v) is 8.50. The zero-order valence-electron chi connectivity index (χ0n) is 10.1. The van der Waals surface area contributed by atoms with E-state index in [2.05, 4.69) is 25.9 Å². The molecular weight excluding hydrogens is 306 g/mol. The molecule has 0 atom stereocenters. The molecule has 1 aromatic rings. The van der Waals surface area contributed by atoms with Gasteiger partial charge in [0.15, 0.2) is 9.84 Å². The SMILES string of the molecule is Cn1nc(Br)cc1N1CCS(=O)(=O)C(C)(C)C1. The summed E-state index contributed by atoms with van der Waals surface area (Å²) in [6.45, 7) is 4.58. The minimum atomic E-state index is -2.99. The molecule has 2 rings (SSSR count). The maximum atomic E-state index is 11.9. The van der Waals surface area contributed by atoms with Crippen LogP contribution in [0.15, 0.2) is 10.7 Å². The monoisotopic (exact) mass is 321 g/mol. The molecule has 96 valence electrons. The Kier molecular flexibility index (Phi) is 3.02. The molecule has 2 heterocycles. The van der Waals surface area contributed by atoms with Crippen molar-refractivity contribution in [3.63, 3.8) is 0 Å². The van der Waals surface area contributed by atoms with Crippen molar-refractivity contribution >= 4 is 31.6 Å². The second kappa shape index (κ2) is 3.98. The second-order valence-electron chi connectivity index (χ2n) is 4.95. The summed E-state index contributed by atoms with van der Waals surface area (Å²) >= 11 is 3.32. The summed E-state index contributed by atoms with van der Waals surface area (Å²) in [4.78, 5) is 2.07. The van der Waals surface area contributed by atoms with Crippen LogP contribution in [0.25, 0.3) is 0 Å². The van der Waals surface area contributed by atoms with Crippen LogP contribution in [0.4, 0.5) is 5.82 Å². The third-order valence-corrected chi connectivity index (χ3v) is 6.11. The molecule has 17 heavy (non-hydrogen) atoms. The van der Waals surface area contributed by atoms with E-state index in [9.17, 15) is 8.42 Å².